The van der Waals surface area contributed by atoms with Crippen molar-refractivity contribution in [2.75, 3.05) is 13.2 Å². The number of hydrogen-bond donors (Lipinski definition) is 2. The molecule has 1 saturated carbocycles. The Balaban J connectivity index is 1.48. The lowest BCUT2D eigenvalue weighted by molar-refractivity contribution is 0.200. The molecular formula is C26H27F2N5O2. The minimum atomic E-state index is -0.797. The second-order valence-electron chi connectivity index (χ2n) is 8.94. The molecule has 35 heavy (non-hydrogen) atoms. The van der Waals surface area contributed by atoms with Gasteiger partial charge in [-0.25, -0.2) is 18.3 Å². The molecule has 4 aromatic rings. The van der Waals surface area contributed by atoms with Crippen molar-refractivity contribution in [3.8, 4) is 17.0 Å². The fourth-order valence-corrected chi connectivity index (χ4v) is 4.89. The summed E-state index contributed by atoms with van der Waals surface area (Å²) in [5.41, 5.74) is 9.12. The van der Waals surface area contributed by atoms with Gasteiger partial charge in [-0.2, -0.15) is 5.10 Å². The highest BCUT2D eigenvalue weighted by Gasteiger charge is 2.24. The van der Waals surface area contributed by atoms with Gasteiger partial charge in [-0.3, -0.25) is 4.98 Å². The maximum atomic E-state index is 14.8. The second-order valence-corrected chi connectivity index (χ2v) is 8.94. The van der Waals surface area contributed by atoms with Crippen LogP contribution in [0.1, 0.15) is 48.6 Å². The third-order valence-electron chi connectivity index (χ3n) is 6.53. The summed E-state index contributed by atoms with van der Waals surface area (Å²) in [6, 6.07) is 7.74. The number of nitrogens with two attached hydrogens (primary N) is 1. The Labute approximate surface area is 201 Å². The van der Waals surface area contributed by atoms with Gasteiger partial charge in [0, 0.05) is 37.0 Å². The summed E-state index contributed by atoms with van der Waals surface area (Å²) in [6.45, 7) is -0.303. The van der Waals surface area contributed by atoms with Gasteiger partial charge in [-0.05, 0) is 54.5 Å². The lowest BCUT2D eigenvalue weighted by Crippen LogP contribution is -2.27. The number of hydrogen-bond acceptors (Lipinski definition) is 6. The first-order valence-corrected chi connectivity index (χ1v) is 11.8. The number of aliphatic hydroxyl groups is 1. The number of imidazole rings is 1. The molecule has 7 nitrogen and oxygen atoms in total. The molecule has 3 heterocycles. The van der Waals surface area contributed by atoms with Crippen LogP contribution in [-0.2, 0) is 6.42 Å². The Morgan fingerprint density at radius 2 is 1.94 bits per heavy atom. The van der Waals surface area contributed by atoms with Crippen LogP contribution in [0.25, 0.3) is 16.8 Å². The van der Waals surface area contributed by atoms with E-state index in [0.29, 0.717) is 18.2 Å². The summed E-state index contributed by atoms with van der Waals surface area (Å²) >= 11 is 0. The Morgan fingerprint density at radius 1 is 1.11 bits per heavy atom. The molecule has 3 aromatic heterocycles. The van der Waals surface area contributed by atoms with Crippen LogP contribution < -0.4 is 10.5 Å². The molecular weight excluding hydrogens is 452 g/mol. The third-order valence-corrected chi connectivity index (χ3v) is 6.53. The van der Waals surface area contributed by atoms with E-state index in [1.54, 1.807) is 29.0 Å². The number of benzene rings is 1. The minimum absolute atomic E-state index is 0.00809. The number of aromatic nitrogens is 4. The monoisotopic (exact) mass is 479 g/mol. The van der Waals surface area contributed by atoms with Crippen LogP contribution in [0, 0.1) is 11.6 Å². The van der Waals surface area contributed by atoms with E-state index in [0.717, 1.165) is 48.9 Å². The number of nitrogens with zero attached hydrogens (tertiary/aromatic N) is 4. The average Bonchev–Trinajstić information content (AvgIpc) is 3.25. The van der Waals surface area contributed by atoms with Gasteiger partial charge >= 0.3 is 0 Å². The van der Waals surface area contributed by atoms with Crippen LogP contribution >= 0.6 is 0 Å². The number of pyridine rings is 1. The van der Waals surface area contributed by atoms with E-state index in [9.17, 15) is 8.78 Å². The highest BCUT2D eigenvalue weighted by Crippen LogP contribution is 2.34. The fourth-order valence-electron chi connectivity index (χ4n) is 4.89. The number of ether oxygens (including phenoxy) is 1. The zero-order chi connectivity index (χ0) is 24.4. The van der Waals surface area contributed by atoms with Crippen LogP contribution in [0.5, 0.6) is 5.75 Å². The van der Waals surface area contributed by atoms with Crippen LogP contribution in [0.15, 0.2) is 48.9 Å². The van der Waals surface area contributed by atoms with Gasteiger partial charge in [-0.1, -0.05) is 6.42 Å². The molecule has 3 N–H and O–H groups in total. The maximum absolute atomic E-state index is 14.8. The van der Waals surface area contributed by atoms with Crippen molar-refractivity contribution < 1.29 is 18.6 Å². The molecule has 0 spiro atoms. The molecule has 0 bridgehead atoms. The molecule has 1 fully saturated rings. The molecule has 0 unspecified atom stereocenters. The number of aliphatic hydroxyl groups excluding tert-OH is 1. The molecule has 5 rings (SSSR count). The summed E-state index contributed by atoms with van der Waals surface area (Å²) in [4.78, 5) is 8.86. The van der Waals surface area contributed by atoms with E-state index in [-0.39, 0.29) is 36.3 Å². The molecule has 1 aliphatic carbocycles. The van der Waals surface area contributed by atoms with E-state index in [2.05, 4.69) is 21.1 Å². The molecule has 0 saturated heterocycles. The Hall–Kier alpha value is -3.43. The fraction of sp³-hybridized carbons (Fsp3) is 0.346. The van der Waals surface area contributed by atoms with Gasteiger partial charge in [0.2, 0.25) is 0 Å². The van der Waals surface area contributed by atoms with E-state index >= 15 is 0 Å². The van der Waals surface area contributed by atoms with E-state index < -0.39 is 11.6 Å². The minimum Gasteiger partial charge on any atom is -0.491 e. The second kappa shape index (κ2) is 10.1. The summed E-state index contributed by atoms with van der Waals surface area (Å²) in [6.07, 6.45) is 10.0. The van der Waals surface area contributed by atoms with Crippen LogP contribution in [-0.4, -0.2) is 43.9 Å². The predicted octanol–water partition coefficient (Wildman–Crippen LogP) is 4.02. The van der Waals surface area contributed by atoms with E-state index in [1.165, 1.54) is 5.56 Å². The third kappa shape index (κ3) is 4.87. The van der Waals surface area contributed by atoms with E-state index in [1.807, 2.05) is 6.20 Å². The lowest BCUT2D eigenvalue weighted by Gasteiger charge is -2.28. The first kappa shape index (κ1) is 23.3. The SMILES string of the molecule is N[C@H]1CCC[C@@H](c2ccncc2Cc2ncc3ccc(-c4c(F)cc(OCCO)cc4F)nn23)C1. The molecule has 0 radical (unpaired) electrons. The van der Waals surface area contributed by atoms with Crippen molar-refractivity contribution in [1.29, 1.82) is 0 Å². The molecule has 0 aliphatic heterocycles. The molecule has 2 atom stereocenters. The van der Waals surface area contributed by atoms with Crippen LogP contribution in [0.2, 0.25) is 0 Å². The molecule has 0 amide bonds. The summed E-state index contributed by atoms with van der Waals surface area (Å²) in [5, 5.41) is 13.4. The topological polar surface area (TPSA) is 98.6 Å². The maximum Gasteiger partial charge on any atom is 0.139 e. The standard InChI is InChI=1S/C26H27F2N5O2/c27-22-12-20(35-9-8-34)13-23(28)26(22)24-5-4-19-15-31-25(33(19)32-24)11-17-14-30-7-6-21(17)16-2-1-3-18(29)10-16/h4-7,12-16,18,34H,1-3,8-11,29H2/t16-,18+/m1/s1. The largest absolute Gasteiger partial charge is 0.491 e. The van der Waals surface area contributed by atoms with Crippen molar-refractivity contribution in [2.24, 2.45) is 5.73 Å². The van der Waals surface area contributed by atoms with Gasteiger partial charge in [0.25, 0.3) is 0 Å². The quantitative estimate of drug-likeness (QED) is 0.416. The summed E-state index contributed by atoms with van der Waals surface area (Å²) < 4.78 is 36.4. The number of rotatable bonds is 7. The van der Waals surface area contributed by atoms with Gasteiger partial charge in [-0.15, -0.1) is 0 Å². The number of halogens is 2. The Morgan fingerprint density at radius 3 is 2.71 bits per heavy atom. The lowest BCUT2D eigenvalue weighted by atomic mass is 9.80. The van der Waals surface area contributed by atoms with Crippen molar-refractivity contribution in [3.05, 3.63) is 77.5 Å². The highest BCUT2D eigenvalue weighted by molar-refractivity contribution is 5.63. The van der Waals surface area contributed by atoms with Crippen LogP contribution in [0.3, 0.4) is 0 Å². The normalized spacial score (nSPS) is 18.2. The van der Waals surface area contributed by atoms with Gasteiger partial charge in [0.05, 0.1) is 29.6 Å². The number of fused-ring (bicyclic) bond motifs is 1. The van der Waals surface area contributed by atoms with Crippen LogP contribution in [0.4, 0.5) is 8.78 Å². The Kier molecular flexibility index (Phi) is 6.70. The summed E-state index contributed by atoms with van der Waals surface area (Å²) in [5.74, 6) is -0.556. The van der Waals surface area contributed by atoms with Crippen molar-refractivity contribution >= 4 is 5.52 Å². The molecule has 9 heteroatoms. The van der Waals surface area contributed by atoms with Gasteiger partial charge in [0.15, 0.2) is 0 Å². The first-order chi connectivity index (χ1) is 17.0. The van der Waals surface area contributed by atoms with Crippen molar-refractivity contribution in [1.82, 2.24) is 19.6 Å². The van der Waals surface area contributed by atoms with Crippen molar-refractivity contribution in [3.63, 3.8) is 0 Å². The van der Waals surface area contributed by atoms with Crippen molar-refractivity contribution in [2.45, 2.75) is 44.1 Å². The molecule has 1 aliphatic rings. The molecule has 1 aromatic carbocycles. The zero-order valence-corrected chi connectivity index (χ0v) is 19.2. The zero-order valence-electron chi connectivity index (χ0n) is 19.2. The average molecular weight is 480 g/mol. The van der Waals surface area contributed by atoms with Gasteiger partial charge in [0.1, 0.15) is 29.8 Å². The predicted molar refractivity (Wildman–Crippen MR) is 127 cm³/mol. The highest BCUT2D eigenvalue weighted by atomic mass is 19.1. The smallest absolute Gasteiger partial charge is 0.139 e. The van der Waals surface area contributed by atoms with E-state index in [4.69, 9.17) is 15.6 Å². The molecule has 182 valence electrons. The Bertz CT molecular complexity index is 1320. The summed E-state index contributed by atoms with van der Waals surface area (Å²) in [7, 11) is 0. The first-order valence-electron chi connectivity index (χ1n) is 11.8. The van der Waals surface area contributed by atoms with Gasteiger partial charge < -0.3 is 15.6 Å².